The van der Waals surface area contributed by atoms with Crippen LogP contribution in [-0.2, 0) is 0 Å². The Kier molecular flexibility index (Phi) is 4.04. The predicted octanol–water partition coefficient (Wildman–Crippen LogP) is 2.78. The summed E-state index contributed by atoms with van der Waals surface area (Å²) in [5.41, 5.74) is 0.538. The average Bonchev–Trinajstić information content (AvgIpc) is 2.40. The molecule has 0 aliphatic heterocycles. The van der Waals surface area contributed by atoms with E-state index in [1.807, 2.05) is 24.3 Å². The smallest absolute Gasteiger partial charge is 0.269 e. The number of benzene rings is 2. The zero-order valence-electron chi connectivity index (χ0n) is 9.50. The van der Waals surface area contributed by atoms with Gasteiger partial charge >= 0.3 is 0 Å². The second-order valence-corrected chi connectivity index (χ2v) is 3.89. The van der Waals surface area contributed by atoms with Gasteiger partial charge in [-0.15, -0.1) is 0 Å². The highest BCUT2D eigenvalue weighted by Crippen LogP contribution is 2.08. The standard InChI is InChI=1S/C14H11NO2S/c16-13(11-7-3-1-4-8-11)15-14(18)17-12-9-5-2-6-10-12/h1-10H,(H,15,16,18). The van der Waals surface area contributed by atoms with E-state index >= 15 is 0 Å². The maximum atomic E-state index is 11.8. The Morgan fingerprint density at radius 1 is 0.944 bits per heavy atom. The topological polar surface area (TPSA) is 38.3 Å². The minimum atomic E-state index is -0.281. The van der Waals surface area contributed by atoms with Gasteiger partial charge in [0.15, 0.2) is 0 Å². The number of amides is 1. The van der Waals surface area contributed by atoms with Crippen LogP contribution in [0.2, 0.25) is 0 Å². The van der Waals surface area contributed by atoms with Gasteiger partial charge in [-0.2, -0.15) is 0 Å². The van der Waals surface area contributed by atoms with Crippen LogP contribution in [0.25, 0.3) is 0 Å². The van der Waals surface area contributed by atoms with Crippen LogP contribution in [-0.4, -0.2) is 11.1 Å². The molecule has 0 spiro atoms. The first-order valence-electron chi connectivity index (χ1n) is 5.39. The quantitative estimate of drug-likeness (QED) is 0.841. The highest BCUT2D eigenvalue weighted by molar-refractivity contribution is 7.80. The minimum Gasteiger partial charge on any atom is -0.432 e. The Morgan fingerprint density at radius 3 is 2.11 bits per heavy atom. The van der Waals surface area contributed by atoms with Crippen molar-refractivity contribution in [3.05, 3.63) is 66.2 Å². The molecule has 2 rings (SSSR count). The van der Waals surface area contributed by atoms with Crippen molar-refractivity contribution >= 4 is 23.3 Å². The Bertz CT molecular complexity index is 540. The van der Waals surface area contributed by atoms with Gasteiger partial charge < -0.3 is 4.74 Å². The van der Waals surface area contributed by atoms with Gasteiger partial charge in [-0.25, -0.2) is 0 Å². The second kappa shape index (κ2) is 5.93. The van der Waals surface area contributed by atoms with Gasteiger partial charge in [-0.3, -0.25) is 10.1 Å². The number of hydrogen-bond acceptors (Lipinski definition) is 3. The van der Waals surface area contributed by atoms with E-state index in [0.29, 0.717) is 11.3 Å². The van der Waals surface area contributed by atoms with E-state index in [-0.39, 0.29) is 11.1 Å². The molecule has 2 aromatic rings. The van der Waals surface area contributed by atoms with Crippen LogP contribution >= 0.6 is 12.2 Å². The van der Waals surface area contributed by atoms with Gasteiger partial charge in [0.1, 0.15) is 5.75 Å². The molecule has 0 saturated heterocycles. The van der Waals surface area contributed by atoms with Crippen molar-refractivity contribution in [2.45, 2.75) is 0 Å². The lowest BCUT2D eigenvalue weighted by Crippen LogP contribution is -2.32. The molecular formula is C14H11NO2S. The number of rotatable bonds is 2. The van der Waals surface area contributed by atoms with Crippen molar-refractivity contribution in [3.8, 4) is 5.75 Å². The Balaban J connectivity index is 1.94. The van der Waals surface area contributed by atoms with Crippen molar-refractivity contribution < 1.29 is 9.53 Å². The van der Waals surface area contributed by atoms with Gasteiger partial charge in [-0.05, 0) is 36.5 Å². The average molecular weight is 257 g/mol. The van der Waals surface area contributed by atoms with E-state index in [1.165, 1.54) is 0 Å². The summed E-state index contributed by atoms with van der Waals surface area (Å²) < 4.78 is 5.31. The molecule has 0 unspecified atom stereocenters. The molecule has 0 radical (unpaired) electrons. The number of hydrogen-bond donors (Lipinski definition) is 1. The predicted molar refractivity (Wildman–Crippen MR) is 73.6 cm³/mol. The lowest BCUT2D eigenvalue weighted by Gasteiger charge is -2.08. The van der Waals surface area contributed by atoms with Gasteiger partial charge in [-0.1, -0.05) is 36.4 Å². The fourth-order valence-electron chi connectivity index (χ4n) is 1.38. The highest BCUT2D eigenvalue weighted by atomic mass is 32.1. The largest absolute Gasteiger partial charge is 0.432 e. The zero-order chi connectivity index (χ0) is 12.8. The number of carbonyl (C=O) groups excluding carboxylic acids is 1. The van der Waals surface area contributed by atoms with E-state index in [4.69, 9.17) is 17.0 Å². The molecule has 90 valence electrons. The molecular weight excluding hydrogens is 246 g/mol. The van der Waals surface area contributed by atoms with Crippen molar-refractivity contribution in [3.63, 3.8) is 0 Å². The van der Waals surface area contributed by atoms with Gasteiger partial charge in [0, 0.05) is 5.56 Å². The lowest BCUT2D eigenvalue weighted by molar-refractivity contribution is 0.0973. The molecule has 0 fully saturated rings. The SMILES string of the molecule is O=C(NC(=S)Oc1ccccc1)c1ccccc1. The minimum absolute atomic E-state index is 0.0371. The Labute approximate surface area is 110 Å². The molecule has 0 heterocycles. The molecule has 3 nitrogen and oxygen atoms in total. The summed E-state index contributed by atoms with van der Waals surface area (Å²) in [5.74, 6) is 0.312. The van der Waals surface area contributed by atoms with Crippen LogP contribution in [0, 0.1) is 0 Å². The number of nitrogens with one attached hydrogen (secondary N) is 1. The van der Waals surface area contributed by atoms with E-state index in [1.54, 1.807) is 36.4 Å². The molecule has 0 atom stereocenters. The summed E-state index contributed by atoms with van der Waals surface area (Å²) in [4.78, 5) is 11.8. The molecule has 0 aliphatic carbocycles. The molecule has 0 saturated carbocycles. The summed E-state index contributed by atoms with van der Waals surface area (Å²) in [6, 6.07) is 17.9. The molecule has 18 heavy (non-hydrogen) atoms. The lowest BCUT2D eigenvalue weighted by atomic mass is 10.2. The number of carbonyl (C=O) groups is 1. The Hall–Kier alpha value is -2.20. The summed E-state index contributed by atoms with van der Waals surface area (Å²) in [5, 5.41) is 2.55. The number of ether oxygens (including phenoxy) is 1. The van der Waals surface area contributed by atoms with Crippen LogP contribution in [0.5, 0.6) is 5.75 Å². The van der Waals surface area contributed by atoms with Gasteiger partial charge in [0.25, 0.3) is 11.1 Å². The first kappa shape index (κ1) is 12.3. The number of para-hydroxylation sites is 1. The summed E-state index contributed by atoms with van der Waals surface area (Å²) in [6.45, 7) is 0. The molecule has 0 aromatic heterocycles. The highest BCUT2D eigenvalue weighted by Gasteiger charge is 2.08. The third-order valence-electron chi connectivity index (χ3n) is 2.21. The first-order valence-corrected chi connectivity index (χ1v) is 5.80. The Morgan fingerprint density at radius 2 is 1.50 bits per heavy atom. The summed E-state index contributed by atoms with van der Waals surface area (Å²) in [6.07, 6.45) is 0. The zero-order valence-corrected chi connectivity index (χ0v) is 10.3. The molecule has 0 bridgehead atoms. The van der Waals surface area contributed by atoms with Crippen LogP contribution in [0.3, 0.4) is 0 Å². The first-order chi connectivity index (χ1) is 8.75. The second-order valence-electron chi connectivity index (χ2n) is 3.52. The molecule has 2 aromatic carbocycles. The van der Waals surface area contributed by atoms with Gasteiger partial charge in [0.05, 0.1) is 0 Å². The molecule has 0 aliphatic rings. The van der Waals surface area contributed by atoms with Crippen LogP contribution in [0.15, 0.2) is 60.7 Å². The molecule has 4 heteroatoms. The van der Waals surface area contributed by atoms with E-state index in [0.717, 1.165) is 0 Å². The molecule has 1 N–H and O–H groups in total. The van der Waals surface area contributed by atoms with Crippen LogP contribution in [0.1, 0.15) is 10.4 Å². The summed E-state index contributed by atoms with van der Waals surface area (Å²) in [7, 11) is 0. The van der Waals surface area contributed by atoms with Crippen LogP contribution in [0.4, 0.5) is 0 Å². The third-order valence-corrected chi connectivity index (χ3v) is 2.39. The maximum Gasteiger partial charge on any atom is 0.269 e. The van der Waals surface area contributed by atoms with E-state index < -0.39 is 0 Å². The van der Waals surface area contributed by atoms with Crippen molar-refractivity contribution in [2.75, 3.05) is 0 Å². The number of thiocarbonyl (C=S) groups is 1. The van der Waals surface area contributed by atoms with Crippen molar-refractivity contribution in [1.82, 2.24) is 5.32 Å². The van der Waals surface area contributed by atoms with E-state index in [2.05, 4.69) is 5.32 Å². The molecule has 1 amide bonds. The van der Waals surface area contributed by atoms with Gasteiger partial charge in [0.2, 0.25) is 0 Å². The fraction of sp³-hybridized carbons (Fsp3) is 0. The fourth-order valence-corrected chi connectivity index (χ4v) is 1.56. The maximum absolute atomic E-state index is 11.8. The third kappa shape index (κ3) is 3.40. The van der Waals surface area contributed by atoms with Crippen molar-refractivity contribution in [2.24, 2.45) is 0 Å². The monoisotopic (exact) mass is 257 g/mol. The van der Waals surface area contributed by atoms with E-state index in [9.17, 15) is 4.79 Å². The summed E-state index contributed by atoms with van der Waals surface area (Å²) >= 11 is 4.96. The normalized spacial score (nSPS) is 9.56. The van der Waals surface area contributed by atoms with Crippen LogP contribution < -0.4 is 10.1 Å². The van der Waals surface area contributed by atoms with Crippen molar-refractivity contribution in [1.29, 1.82) is 0 Å².